The molecule has 3 heteroatoms. The van der Waals surface area contributed by atoms with Gasteiger partial charge in [0, 0.05) is 0 Å². The Labute approximate surface area is 28.8 Å². The summed E-state index contributed by atoms with van der Waals surface area (Å²) in [6.45, 7) is 0. The Kier molecular flexibility index (Phi) is 2.47. The lowest BCUT2D eigenvalue weighted by atomic mass is 11.3. The van der Waals surface area contributed by atoms with Crippen molar-refractivity contribution in [1.29, 1.82) is 5.41 Å². The highest BCUT2D eigenvalue weighted by molar-refractivity contribution is 5.60. The van der Waals surface area contributed by atoms with Crippen molar-refractivity contribution in [2.45, 2.75) is 0 Å². The minimum absolute atomic E-state index is 0.632. The summed E-state index contributed by atoms with van der Waals surface area (Å²) in [5.41, 5.74) is 0. The van der Waals surface area contributed by atoms with E-state index < -0.39 is 0 Å². The van der Waals surface area contributed by atoms with Gasteiger partial charge in [0.25, 0.3) is 0 Å². The number of isocyanates is 1. The maximum Gasteiger partial charge on any atom is 0.241 e. The van der Waals surface area contributed by atoms with Crippen molar-refractivity contribution in [2.24, 2.45) is 4.99 Å². The van der Waals surface area contributed by atoms with E-state index in [1.54, 1.807) is 0 Å². The fourth-order valence-corrected chi connectivity index (χ4v) is 0.0264. The molecule has 0 rings (SSSR count). The van der Waals surface area contributed by atoms with Gasteiger partial charge in [0.2, 0.25) is 6.08 Å². The fourth-order valence-electron chi connectivity index (χ4n) is 0.0264. The molecule has 26 valence electrons. The summed E-state index contributed by atoms with van der Waals surface area (Å²) >= 11 is 0. The highest BCUT2D eigenvalue weighted by atomic mass is 16.1. The van der Waals surface area contributed by atoms with Crippen LogP contribution in [0.15, 0.2) is 4.99 Å². The van der Waals surface area contributed by atoms with E-state index >= 15 is 0 Å². The molecule has 0 spiro atoms. The molecule has 0 amide bonds. The summed E-state index contributed by atoms with van der Waals surface area (Å²) in [5.74, 6) is 0. The van der Waals surface area contributed by atoms with Crippen LogP contribution < -0.4 is 0 Å². The topological polar surface area (TPSA) is 53.3 Å². The molecular weight excluding hydrogens is 68.0 g/mol. The quantitative estimate of drug-likeness (QED) is 0.262. The highest BCUT2D eigenvalue weighted by Gasteiger charge is 1.42. The molecule has 0 aliphatic carbocycles. The van der Waals surface area contributed by atoms with Crippen molar-refractivity contribution in [3.8, 4) is 0 Å². The van der Waals surface area contributed by atoms with E-state index in [1.807, 2.05) is 0 Å². The van der Waals surface area contributed by atoms with Crippen molar-refractivity contribution in [3.05, 3.63) is 0 Å². The van der Waals surface area contributed by atoms with Crippen molar-refractivity contribution >= 4 is 12.4 Å². The Hall–Kier alpha value is -0.950. The number of nitrogens with one attached hydrogen (secondary N) is 1. The Morgan fingerprint density at radius 2 is 2.60 bits per heavy atom. The van der Waals surface area contributed by atoms with E-state index in [1.165, 1.54) is 0 Å². The summed E-state index contributed by atoms with van der Waals surface area (Å²) in [4.78, 5) is 11.7. The lowest BCUT2D eigenvalue weighted by molar-refractivity contribution is 0.566. The second-order valence-electron chi connectivity index (χ2n) is 0.349. The van der Waals surface area contributed by atoms with Gasteiger partial charge in [-0.1, -0.05) is 0 Å². The van der Waals surface area contributed by atoms with Crippen LogP contribution in [0.5, 0.6) is 0 Å². The van der Waals surface area contributed by atoms with Gasteiger partial charge in [-0.2, -0.15) is 4.99 Å². The van der Waals surface area contributed by atoms with Gasteiger partial charge in [-0.15, -0.1) is 0 Å². The Morgan fingerprint density at radius 1 is 2.00 bits per heavy atom. The van der Waals surface area contributed by atoms with Gasteiger partial charge in [0.05, 0.1) is 0 Å². The Bertz CT molecular complexity index is 71.7. The van der Waals surface area contributed by atoms with Crippen LogP contribution >= 0.6 is 0 Å². The molecule has 0 fully saturated rings. The molecule has 1 N–H and O–H groups in total. The average molecular weight is 70.1 g/mol. The van der Waals surface area contributed by atoms with E-state index in [-0.39, 0.29) is 0 Å². The normalized spacial score (nSPS) is 4.80. The molecule has 5 heavy (non-hydrogen) atoms. The zero-order valence-corrected chi connectivity index (χ0v) is 2.43. The average Bonchev–Trinajstić information content (AvgIpc) is 1.41. The third kappa shape index (κ3) is 3.05. The van der Waals surface area contributed by atoms with Crippen LogP contribution in [0.4, 0.5) is 0 Å². The van der Waals surface area contributed by atoms with E-state index in [0.717, 1.165) is 6.08 Å². The maximum absolute atomic E-state index is 8.96. The molecule has 0 aromatic carbocycles. The molecule has 0 saturated heterocycles. The fraction of sp³-hybridized carbons (Fsp3) is 0. The first-order valence-corrected chi connectivity index (χ1v) is 0.975. The molecule has 0 heterocycles. The molecule has 0 atom stereocenters. The minimum atomic E-state index is 0.632. The van der Waals surface area contributed by atoms with Crippen LogP contribution in [0.25, 0.3) is 0 Å². The molecule has 0 saturated carbocycles. The Morgan fingerprint density at radius 3 is 2.60 bits per heavy atom. The molecule has 0 radical (unpaired) electrons. The second kappa shape index (κ2) is 3.05. The molecule has 3 nitrogen and oxygen atoms in total. The second-order valence-corrected chi connectivity index (χ2v) is 0.349. The predicted octanol–water partition coefficient (Wildman–Crippen LogP) is -0.0707. The lowest BCUT2D eigenvalue weighted by Gasteiger charge is -1.44. The predicted molar refractivity (Wildman–Crippen MR) is 16.9 cm³/mol. The van der Waals surface area contributed by atoms with Gasteiger partial charge >= 0.3 is 0 Å². The standard InChI is InChI=1S/C2H2N2O/c3-1-4-2-5/h1,3H. The zero-order chi connectivity index (χ0) is 4.12. The highest BCUT2D eigenvalue weighted by Crippen LogP contribution is 1.37. The van der Waals surface area contributed by atoms with Crippen LogP contribution in [0, 0.1) is 5.41 Å². The van der Waals surface area contributed by atoms with E-state index in [4.69, 9.17) is 10.2 Å². The van der Waals surface area contributed by atoms with Crippen molar-refractivity contribution in [1.82, 2.24) is 0 Å². The van der Waals surface area contributed by atoms with Gasteiger partial charge in [0.15, 0.2) is 0 Å². The smallest absolute Gasteiger partial charge is 0.241 e. The van der Waals surface area contributed by atoms with Gasteiger partial charge in [-0.3, -0.25) is 5.41 Å². The number of aliphatic imine (C=N–C) groups is 1. The number of rotatable bonds is 1. The number of carbonyl (C=O) groups excluding carboxylic acids is 1. The minimum Gasteiger partial charge on any atom is -0.289 e. The van der Waals surface area contributed by atoms with Crippen LogP contribution in [-0.4, -0.2) is 12.4 Å². The first-order chi connectivity index (χ1) is 2.41. The van der Waals surface area contributed by atoms with Crippen LogP contribution in [0.3, 0.4) is 0 Å². The Balaban J connectivity index is 3.31. The summed E-state index contributed by atoms with van der Waals surface area (Å²) in [6, 6.07) is 0. The molecule has 0 aromatic heterocycles. The molecule has 0 bridgehead atoms. The molecule has 0 unspecified atom stereocenters. The first kappa shape index (κ1) is 4.05. The van der Waals surface area contributed by atoms with Crippen LogP contribution in [-0.2, 0) is 4.79 Å². The maximum atomic E-state index is 8.96. The van der Waals surface area contributed by atoms with E-state index in [0.29, 0.717) is 6.34 Å². The van der Waals surface area contributed by atoms with Crippen LogP contribution in [0.1, 0.15) is 0 Å². The summed E-state index contributed by atoms with van der Waals surface area (Å²) in [7, 11) is 0. The number of nitrogens with zero attached hydrogens (tertiary/aromatic N) is 1. The van der Waals surface area contributed by atoms with Gasteiger partial charge in [-0.25, -0.2) is 4.79 Å². The molecule has 0 aliphatic rings. The number of hydrogen-bond donors (Lipinski definition) is 1. The van der Waals surface area contributed by atoms with E-state index in [9.17, 15) is 0 Å². The zero-order valence-electron chi connectivity index (χ0n) is 2.43. The first-order valence-electron chi connectivity index (χ1n) is 0.975. The third-order valence-electron chi connectivity index (χ3n) is 0.117. The monoisotopic (exact) mass is 70.0 g/mol. The van der Waals surface area contributed by atoms with Crippen molar-refractivity contribution < 1.29 is 4.79 Å². The van der Waals surface area contributed by atoms with Gasteiger partial charge < -0.3 is 0 Å². The SMILES string of the molecule is N=CN=C=O. The third-order valence-corrected chi connectivity index (χ3v) is 0.117. The van der Waals surface area contributed by atoms with E-state index in [2.05, 4.69) is 4.99 Å². The summed E-state index contributed by atoms with van der Waals surface area (Å²) in [5, 5.41) is 6.05. The molecule has 0 aromatic rings. The molecular formula is C2H2N2O. The lowest BCUT2D eigenvalue weighted by Crippen LogP contribution is -1.50. The summed E-state index contributed by atoms with van der Waals surface area (Å²) in [6.07, 6.45) is 1.78. The van der Waals surface area contributed by atoms with Gasteiger partial charge in [0.1, 0.15) is 6.34 Å². The van der Waals surface area contributed by atoms with Crippen molar-refractivity contribution in [2.75, 3.05) is 0 Å². The molecule has 0 aliphatic heterocycles. The van der Waals surface area contributed by atoms with Crippen molar-refractivity contribution in [3.63, 3.8) is 0 Å². The van der Waals surface area contributed by atoms with Crippen LogP contribution in [0.2, 0.25) is 0 Å². The summed E-state index contributed by atoms with van der Waals surface area (Å²) < 4.78 is 0. The van der Waals surface area contributed by atoms with Gasteiger partial charge in [-0.05, 0) is 0 Å². The largest absolute Gasteiger partial charge is 0.289 e. The number of hydrogen-bond acceptors (Lipinski definition) is 2.